The molecule has 1 saturated heterocycles. The summed E-state index contributed by atoms with van der Waals surface area (Å²) in [4.78, 5) is 11.7. The van der Waals surface area contributed by atoms with Gasteiger partial charge in [0.1, 0.15) is 5.60 Å². The second-order valence-corrected chi connectivity index (χ2v) is 5.36. The molecule has 0 aromatic carbocycles. The molecule has 7 nitrogen and oxygen atoms in total. The van der Waals surface area contributed by atoms with E-state index in [0.29, 0.717) is 6.54 Å². The number of rotatable bonds is 2. The molecule has 100 valence electrons. The number of aromatic nitrogens is 3. The average molecular weight is 253 g/mol. The normalized spacial score (nSPS) is 23.9. The summed E-state index contributed by atoms with van der Waals surface area (Å²) in [5.41, 5.74) is -0.487. The van der Waals surface area contributed by atoms with Crippen LogP contribution in [0.25, 0.3) is 0 Å². The molecule has 2 atom stereocenters. The molecular weight excluding hydrogens is 234 g/mol. The van der Waals surface area contributed by atoms with Gasteiger partial charge in [-0.3, -0.25) is 0 Å². The quantitative estimate of drug-likeness (QED) is 0.793. The minimum absolute atomic E-state index is 0.0402. The summed E-state index contributed by atoms with van der Waals surface area (Å²) >= 11 is 0. The summed E-state index contributed by atoms with van der Waals surface area (Å²) in [7, 11) is 0. The number of ether oxygens (including phenoxy) is 1. The zero-order valence-corrected chi connectivity index (χ0v) is 10.9. The highest BCUT2D eigenvalue weighted by Gasteiger charge is 2.31. The number of nitrogens with one attached hydrogen (secondary N) is 2. The molecule has 7 heteroatoms. The van der Waals surface area contributed by atoms with Gasteiger partial charge in [-0.2, -0.15) is 0 Å². The van der Waals surface area contributed by atoms with Crippen LogP contribution in [-0.2, 0) is 4.74 Å². The molecular formula is C11H19N5O2. The van der Waals surface area contributed by atoms with Crippen molar-refractivity contribution in [1.82, 2.24) is 25.6 Å². The summed E-state index contributed by atoms with van der Waals surface area (Å²) < 4.78 is 6.99. The van der Waals surface area contributed by atoms with Gasteiger partial charge in [-0.05, 0) is 20.8 Å². The number of nitrogens with zero attached hydrogens (tertiary/aromatic N) is 3. The van der Waals surface area contributed by atoms with E-state index in [1.807, 2.05) is 20.8 Å². The van der Waals surface area contributed by atoms with Crippen molar-refractivity contribution in [2.24, 2.45) is 0 Å². The van der Waals surface area contributed by atoms with Crippen molar-refractivity contribution in [3.8, 4) is 0 Å². The molecule has 0 aliphatic carbocycles. The van der Waals surface area contributed by atoms with Gasteiger partial charge in [0.05, 0.1) is 18.3 Å². The summed E-state index contributed by atoms with van der Waals surface area (Å²) in [6.45, 7) is 6.98. The third-order valence-electron chi connectivity index (χ3n) is 2.67. The van der Waals surface area contributed by atoms with Crippen LogP contribution in [0.5, 0.6) is 0 Å². The van der Waals surface area contributed by atoms with E-state index in [2.05, 4.69) is 20.9 Å². The van der Waals surface area contributed by atoms with Gasteiger partial charge >= 0.3 is 6.09 Å². The zero-order valence-electron chi connectivity index (χ0n) is 10.9. The first-order valence-corrected chi connectivity index (χ1v) is 6.02. The number of carbonyl (C=O) groups is 1. The molecule has 1 aromatic rings. The van der Waals surface area contributed by atoms with Gasteiger partial charge in [0.2, 0.25) is 0 Å². The van der Waals surface area contributed by atoms with Crippen LogP contribution >= 0.6 is 0 Å². The van der Waals surface area contributed by atoms with Gasteiger partial charge in [-0.25, -0.2) is 9.48 Å². The van der Waals surface area contributed by atoms with E-state index >= 15 is 0 Å². The first-order valence-electron chi connectivity index (χ1n) is 6.02. The van der Waals surface area contributed by atoms with Crippen LogP contribution in [-0.4, -0.2) is 45.8 Å². The minimum Gasteiger partial charge on any atom is -0.444 e. The van der Waals surface area contributed by atoms with Crippen molar-refractivity contribution in [3.05, 3.63) is 12.4 Å². The Kier molecular flexibility index (Phi) is 3.51. The van der Waals surface area contributed by atoms with Crippen molar-refractivity contribution >= 4 is 6.09 Å². The molecule has 1 amide bonds. The second kappa shape index (κ2) is 4.93. The molecule has 0 bridgehead atoms. The van der Waals surface area contributed by atoms with Crippen molar-refractivity contribution < 1.29 is 9.53 Å². The van der Waals surface area contributed by atoms with E-state index in [1.54, 1.807) is 17.1 Å². The van der Waals surface area contributed by atoms with Crippen LogP contribution < -0.4 is 10.6 Å². The predicted molar refractivity (Wildman–Crippen MR) is 65.1 cm³/mol. The number of amides is 1. The van der Waals surface area contributed by atoms with E-state index < -0.39 is 11.7 Å². The number of hydrogen-bond acceptors (Lipinski definition) is 5. The molecule has 1 aliphatic rings. The maximum absolute atomic E-state index is 11.7. The van der Waals surface area contributed by atoms with Crippen molar-refractivity contribution in [2.75, 3.05) is 13.1 Å². The Balaban J connectivity index is 1.94. The lowest BCUT2D eigenvalue weighted by molar-refractivity contribution is 0.0497. The fourth-order valence-electron chi connectivity index (χ4n) is 1.94. The Labute approximate surface area is 106 Å². The molecule has 0 radical (unpaired) electrons. The SMILES string of the molecule is CC(C)(C)OC(=O)N[C@@H]1CNC[C@@H]1n1ccnn1. The molecule has 0 spiro atoms. The highest BCUT2D eigenvalue weighted by atomic mass is 16.6. The summed E-state index contributed by atoms with van der Waals surface area (Å²) in [6, 6.07) is 0.0292. The van der Waals surface area contributed by atoms with E-state index in [-0.39, 0.29) is 12.1 Å². The van der Waals surface area contributed by atoms with Gasteiger partial charge in [0, 0.05) is 19.3 Å². The van der Waals surface area contributed by atoms with Crippen LogP contribution in [0.3, 0.4) is 0 Å². The molecule has 18 heavy (non-hydrogen) atoms. The largest absolute Gasteiger partial charge is 0.444 e. The maximum atomic E-state index is 11.7. The predicted octanol–water partition coefficient (Wildman–Crippen LogP) is 0.316. The Morgan fingerprint density at radius 3 is 2.89 bits per heavy atom. The lowest BCUT2D eigenvalue weighted by atomic mass is 10.2. The monoisotopic (exact) mass is 253 g/mol. The van der Waals surface area contributed by atoms with E-state index in [1.165, 1.54) is 0 Å². The first kappa shape index (κ1) is 12.8. The zero-order chi connectivity index (χ0) is 13.2. The van der Waals surface area contributed by atoms with Gasteiger partial charge in [-0.1, -0.05) is 5.21 Å². The van der Waals surface area contributed by atoms with Gasteiger partial charge < -0.3 is 15.4 Å². The Morgan fingerprint density at radius 2 is 2.28 bits per heavy atom. The molecule has 1 aromatic heterocycles. The fourth-order valence-corrected chi connectivity index (χ4v) is 1.94. The van der Waals surface area contributed by atoms with E-state index in [9.17, 15) is 4.79 Å². The average Bonchev–Trinajstić information content (AvgIpc) is 2.82. The molecule has 2 rings (SSSR count). The molecule has 1 aliphatic heterocycles. The van der Waals surface area contributed by atoms with Gasteiger partial charge in [0.25, 0.3) is 0 Å². The van der Waals surface area contributed by atoms with Crippen LogP contribution in [0.4, 0.5) is 4.79 Å². The third-order valence-corrected chi connectivity index (χ3v) is 2.67. The third kappa shape index (κ3) is 3.19. The van der Waals surface area contributed by atoms with Crippen molar-refractivity contribution in [1.29, 1.82) is 0 Å². The van der Waals surface area contributed by atoms with E-state index in [4.69, 9.17) is 4.74 Å². The van der Waals surface area contributed by atoms with Crippen LogP contribution in [0.15, 0.2) is 12.4 Å². The number of alkyl carbamates (subject to hydrolysis) is 1. The van der Waals surface area contributed by atoms with Crippen LogP contribution in [0.1, 0.15) is 26.8 Å². The van der Waals surface area contributed by atoms with Crippen LogP contribution in [0.2, 0.25) is 0 Å². The Bertz CT molecular complexity index is 398. The van der Waals surface area contributed by atoms with Crippen LogP contribution in [0, 0.1) is 0 Å². The molecule has 0 unspecified atom stereocenters. The smallest absolute Gasteiger partial charge is 0.407 e. The standard InChI is InChI=1S/C11H19N5O2/c1-11(2,3)18-10(17)14-8-6-12-7-9(8)16-5-4-13-15-16/h4-5,8-9,12H,6-7H2,1-3H3,(H,14,17)/t8-,9+/m1/s1. The first-order chi connectivity index (χ1) is 8.46. The molecule has 1 fully saturated rings. The van der Waals surface area contributed by atoms with Crippen molar-refractivity contribution in [2.45, 2.75) is 38.5 Å². The number of hydrogen-bond donors (Lipinski definition) is 2. The lowest BCUT2D eigenvalue weighted by Gasteiger charge is -2.24. The summed E-state index contributed by atoms with van der Waals surface area (Å²) in [5.74, 6) is 0. The maximum Gasteiger partial charge on any atom is 0.407 e. The second-order valence-electron chi connectivity index (χ2n) is 5.36. The summed E-state index contributed by atoms with van der Waals surface area (Å²) in [6.07, 6.45) is 3.02. The summed E-state index contributed by atoms with van der Waals surface area (Å²) in [5, 5.41) is 13.8. The molecule has 2 heterocycles. The minimum atomic E-state index is -0.487. The Hall–Kier alpha value is -1.63. The highest BCUT2D eigenvalue weighted by Crippen LogP contribution is 2.15. The number of carbonyl (C=O) groups excluding carboxylic acids is 1. The Morgan fingerprint density at radius 1 is 1.50 bits per heavy atom. The van der Waals surface area contributed by atoms with Crippen molar-refractivity contribution in [3.63, 3.8) is 0 Å². The topological polar surface area (TPSA) is 81.1 Å². The highest BCUT2D eigenvalue weighted by molar-refractivity contribution is 5.68. The lowest BCUT2D eigenvalue weighted by Crippen LogP contribution is -2.43. The van der Waals surface area contributed by atoms with Gasteiger partial charge in [-0.15, -0.1) is 5.10 Å². The molecule has 0 saturated carbocycles. The van der Waals surface area contributed by atoms with Gasteiger partial charge in [0.15, 0.2) is 0 Å². The molecule has 2 N–H and O–H groups in total. The van der Waals surface area contributed by atoms with E-state index in [0.717, 1.165) is 6.54 Å². The fraction of sp³-hybridized carbons (Fsp3) is 0.727.